The molecule has 0 aliphatic carbocycles. The van der Waals surface area contributed by atoms with Gasteiger partial charge in [-0.1, -0.05) is 6.07 Å². The van der Waals surface area contributed by atoms with E-state index in [9.17, 15) is 9.90 Å². The Labute approximate surface area is 107 Å². The van der Waals surface area contributed by atoms with E-state index in [0.29, 0.717) is 6.54 Å². The molecule has 1 aromatic heterocycles. The van der Waals surface area contributed by atoms with Crippen LogP contribution in [0.25, 0.3) is 0 Å². The summed E-state index contributed by atoms with van der Waals surface area (Å²) in [5.74, 6) is -0.0987. The normalized spacial score (nSPS) is 25.6. The topological polar surface area (TPSA) is 65.5 Å². The quantitative estimate of drug-likeness (QED) is 0.800. The van der Waals surface area contributed by atoms with E-state index in [1.54, 1.807) is 6.20 Å². The second-order valence-corrected chi connectivity index (χ2v) is 4.69. The average Bonchev–Trinajstić information content (AvgIpc) is 2.50. The molecule has 1 fully saturated rings. The second-order valence-electron chi connectivity index (χ2n) is 4.69. The van der Waals surface area contributed by atoms with Gasteiger partial charge in [0, 0.05) is 25.3 Å². The zero-order chi connectivity index (χ0) is 13.0. The van der Waals surface area contributed by atoms with Gasteiger partial charge < -0.3 is 10.4 Å². The van der Waals surface area contributed by atoms with Crippen molar-refractivity contribution < 1.29 is 9.90 Å². The number of aromatic nitrogens is 1. The number of nitrogens with one attached hydrogen (secondary N) is 1. The fraction of sp³-hybridized carbons (Fsp3) is 0.538. The minimum absolute atomic E-state index is 0.0987. The van der Waals surface area contributed by atoms with Gasteiger partial charge in [0.1, 0.15) is 6.04 Å². The number of carbonyl (C=O) groups excluding carboxylic acids is 1. The van der Waals surface area contributed by atoms with Gasteiger partial charge in [-0.2, -0.15) is 0 Å². The lowest BCUT2D eigenvalue weighted by Crippen LogP contribution is -2.47. The van der Waals surface area contributed by atoms with Crippen molar-refractivity contribution >= 4 is 5.91 Å². The molecule has 5 nitrogen and oxygen atoms in total. The van der Waals surface area contributed by atoms with E-state index < -0.39 is 6.04 Å². The summed E-state index contributed by atoms with van der Waals surface area (Å²) in [5, 5.41) is 12.3. The Kier molecular flexibility index (Phi) is 4.28. The van der Waals surface area contributed by atoms with Crippen LogP contribution in [0.5, 0.6) is 0 Å². The summed E-state index contributed by atoms with van der Waals surface area (Å²) in [6.07, 6.45) is 2.62. The maximum atomic E-state index is 11.9. The Bertz CT molecular complexity index is 396. The van der Waals surface area contributed by atoms with Crippen molar-refractivity contribution in [2.75, 3.05) is 13.2 Å². The molecule has 2 unspecified atom stereocenters. The first-order valence-corrected chi connectivity index (χ1v) is 6.26. The maximum Gasteiger partial charge on any atom is 0.239 e. The molecule has 0 radical (unpaired) electrons. The number of amides is 1. The molecule has 2 atom stereocenters. The Balaban J connectivity index is 2.11. The number of aliphatic hydroxyl groups is 1. The highest BCUT2D eigenvalue weighted by Gasteiger charge is 2.29. The first kappa shape index (κ1) is 13.0. The molecule has 0 spiro atoms. The summed E-state index contributed by atoms with van der Waals surface area (Å²) in [7, 11) is 0. The minimum atomic E-state index is -0.475. The van der Waals surface area contributed by atoms with Crippen LogP contribution in [-0.2, 0) is 11.3 Å². The molecular formula is C13H19N3O2. The van der Waals surface area contributed by atoms with E-state index in [-0.39, 0.29) is 18.6 Å². The number of rotatable bonds is 3. The number of hydrogen-bond donors (Lipinski definition) is 2. The SMILES string of the molecule is CC1CCN(Cc2ccccn2)C(CO)C(=O)N1. The Hall–Kier alpha value is -1.46. The second kappa shape index (κ2) is 5.93. The zero-order valence-corrected chi connectivity index (χ0v) is 10.5. The summed E-state index contributed by atoms with van der Waals surface area (Å²) in [6, 6.07) is 5.40. The van der Waals surface area contributed by atoms with E-state index in [1.807, 2.05) is 30.0 Å². The fourth-order valence-electron chi connectivity index (χ4n) is 2.18. The number of hydrogen-bond acceptors (Lipinski definition) is 4. The van der Waals surface area contributed by atoms with Crippen LogP contribution < -0.4 is 5.32 Å². The van der Waals surface area contributed by atoms with Crippen molar-refractivity contribution in [1.29, 1.82) is 0 Å². The first-order valence-electron chi connectivity index (χ1n) is 6.26. The van der Waals surface area contributed by atoms with Crippen LogP contribution in [0.1, 0.15) is 19.0 Å². The molecule has 18 heavy (non-hydrogen) atoms. The van der Waals surface area contributed by atoms with Crippen molar-refractivity contribution in [2.45, 2.75) is 32.0 Å². The van der Waals surface area contributed by atoms with Gasteiger partial charge in [-0.25, -0.2) is 0 Å². The molecule has 98 valence electrons. The summed E-state index contributed by atoms with van der Waals surface area (Å²) in [6.45, 7) is 3.19. The van der Waals surface area contributed by atoms with Crippen molar-refractivity contribution in [3.8, 4) is 0 Å². The van der Waals surface area contributed by atoms with Crippen LogP contribution in [0.15, 0.2) is 24.4 Å². The van der Waals surface area contributed by atoms with Gasteiger partial charge in [0.2, 0.25) is 5.91 Å². The molecule has 0 bridgehead atoms. The standard InChI is InChI=1S/C13H19N3O2/c1-10-5-7-16(12(9-17)13(18)15-10)8-11-4-2-3-6-14-11/h2-4,6,10,12,17H,5,7-9H2,1H3,(H,15,18). The van der Waals surface area contributed by atoms with Gasteiger partial charge in [0.15, 0.2) is 0 Å². The van der Waals surface area contributed by atoms with E-state index in [0.717, 1.165) is 18.7 Å². The molecule has 2 rings (SSSR count). The summed E-state index contributed by atoms with van der Waals surface area (Å²) < 4.78 is 0. The molecular weight excluding hydrogens is 230 g/mol. The highest BCUT2D eigenvalue weighted by atomic mass is 16.3. The van der Waals surface area contributed by atoms with Crippen molar-refractivity contribution in [3.05, 3.63) is 30.1 Å². The van der Waals surface area contributed by atoms with Gasteiger partial charge in [-0.3, -0.25) is 14.7 Å². The van der Waals surface area contributed by atoms with Crippen molar-refractivity contribution in [2.24, 2.45) is 0 Å². The monoisotopic (exact) mass is 249 g/mol. The molecule has 1 amide bonds. The van der Waals surface area contributed by atoms with Crippen LogP contribution >= 0.6 is 0 Å². The molecule has 2 N–H and O–H groups in total. The third-order valence-electron chi connectivity index (χ3n) is 3.25. The van der Waals surface area contributed by atoms with Crippen LogP contribution in [0.3, 0.4) is 0 Å². The lowest BCUT2D eigenvalue weighted by Gasteiger charge is -2.26. The van der Waals surface area contributed by atoms with Gasteiger partial charge in [0.25, 0.3) is 0 Å². The average molecular weight is 249 g/mol. The third-order valence-corrected chi connectivity index (χ3v) is 3.25. The molecule has 0 aromatic carbocycles. The fourth-order valence-corrected chi connectivity index (χ4v) is 2.18. The Morgan fingerprint density at radius 1 is 1.56 bits per heavy atom. The Morgan fingerprint density at radius 3 is 3.06 bits per heavy atom. The zero-order valence-electron chi connectivity index (χ0n) is 10.5. The lowest BCUT2D eigenvalue weighted by molar-refractivity contribution is -0.127. The van der Waals surface area contributed by atoms with Gasteiger partial charge in [-0.15, -0.1) is 0 Å². The molecule has 1 aliphatic rings. The Morgan fingerprint density at radius 2 is 2.39 bits per heavy atom. The molecule has 0 saturated carbocycles. The molecule has 1 aliphatic heterocycles. The predicted octanol–water partition coefficient (Wildman–Crippen LogP) is 0.153. The maximum absolute atomic E-state index is 11.9. The van der Waals surface area contributed by atoms with Gasteiger partial charge in [0.05, 0.1) is 12.3 Å². The summed E-state index contributed by atoms with van der Waals surface area (Å²) in [4.78, 5) is 18.2. The third kappa shape index (κ3) is 3.05. The lowest BCUT2D eigenvalue weighted by atomic mass is 10.2. The number of aliphatic hydroxyl groups excluding tert-OH is 1. The first-order chi connectivity index (χ1) is 8.70. The number of pyridine rings is 1. The smallest absolute Gasteiger partial charge is 0.239 e. The van der Waals surface area contributed by atoms with Crippen molar-refractivity contribution in [1.82, 2.24) is 15.2 Å². The van der Waals surface area contributed by atoms with Crippen LogP contribution in [-0.4, -0.2) is 46.1 Å². The van der Waals surface area contributed by atoms with E-state index in [4.69, 9.17) is 0 Å². The van der Waals surface area contributed by atoms with Crippen LogP contribution in [0.4, 0.5) is 0 Å². The highest BCUT2D eigenvalue weighted by Crippen LogP contribution is 2.12. The molecule has 5 heteroatoms. The van der Waals surface area contributed by atoms with Crippen LogP contribution in [0.2, 0.25) is 0 Å². The largest absolute Gasteiger partial charge is 0.394 e. The predicted molar refractivity (Wildman–Crippen MR) is 67.7 cm³/mol. The summed E-state index contributed by atoms with van der Waals surface area (Å²) in [5.41, 5.74) is 0.915. The summed E-state index contributed by atoms with van der Waals surface area (Å²) >= 11 is 0. The molecule has 2 heterocycles. The molecule has 1 aromatic rings. The van der Waals surface area contributed by atoms with E-state index in [1.165, 1.54) is 0 Å². The highest BCUT2D eigenvalue weighted by molar-refractivity contribution is 5.82. The van der Waals surface area contributed by atoms with Gasteiger partial charge >= 0.3 is 0 Å². The number of carbonyl (C=O) groups is 1. The van der Waals surface area contributed by atoms with E-state index in [2.05, 4.69) is 10.3 Å². The van der Waals surface area contributed by atoms with E-state index >= 15 is 0 Å². The van der Waals surface area contributed by atoms with Gasteiger partial charge in [-0.05, 0) is 25.5 Å². The van der Waals surface area contributed by atoms with Crippen molar-refractivity contribution in [3.63, 3.8) is 0 Å². The number of nitrogens with zero attached hydrogens (tertiary/aromatic N) is 2. The minimum Gasteiger partial charge on any atom is -0.394 e. The molecule has 1 saturated heterocycles. The van der Waals surface area contributed by atoms with Crippen LogP contribution in [0, 0.1) is 0 Å².